The summed E-state index contributed by atoms with van der Waals surface area (Å²) in [6.07, 6.45) is 0. The molecule has 1 aliphatic heterocycles. The summed E-state index contributed by atoms with van der Waals surface area (Å²) in [4.78, 5) is 2.55. The summed E-state index contributed by atoms with van der Waals surface area (Å²) in [7, 11) is 0. The Morgan fingerprint density at radius 1 is 1.32 bits per heavy atom. The monoisotopic (exact) mass is 342 g/mol. The molecule has 1 saturated heterocycles. The molecule has 1 fully saturated rings. The highest BCUT2D eigenvalue weighted by molar-refractivity contribution is 9.10. The lowest BCUT2D eigenvalue weighted by Gasteiger charge is -2.37. The molecule has 1 aliphatic rings. The molecule has 19 heavy (non-hydrogen) atoms. The molecule has 2 unspecified atom stereocenters. The van der Waals surface area contributed by atoms with Gasteiger partial charge in [0.25, 0.3) is 0 Å². The number of benzene rings is 1. The summed E-state index contributed by atoms with van der Waals surface area (Å²) >= 11 is 5.69. The minimum Gasteiger partial charge on any atom is -0.369 e. The first-order valence-corrected chi connectivity index (χ1v) is 8.73. The predicted octanol–water partition coefficient (Wildman–Crippen LogP) is 3.89. The molecule has 4 heteroatoms. The summed E-state index contributed by atoms with van der Waals surface area (Å²) in [5, 5.41) is 4.86. The normalized spacial score (nSPS) is 23.7. The fraction of sp³-hybridized carbons (Fsp3) is 0.600. The third-order valence-corrected chi connectivity index (χ3v) is 5.09. The van der Waals surface area contributed by atoms with Crippen LogP contribution in [0.25, 0.3) is 0 Å². The Bertz CT molecular complexity index is 415. The van der Waals surface area contributed by atoms with Crippen LogP contribution in [0, 0.1) is 0 Å². The Morgan fingerprint density at radius 3 is 2.63 bits per heavy atom. The number of nitrogens with zero attached hydrogens (tertiary/aromatic N) is 1. The quantitative estimate of drug-likeness (QED) is 0.893. The van der Waals surface area contributed by atoms with Gasteiger partial charge in [-0.15, -0.1) is 0 Å². The third-order valence-electron chi connectivity index (χ3n) is 3.37. The van der Waals surface area contributed by atoms with Crippen molar-refractivity contribution in [2.24, 2.45) is 0 Å². The van der Waals surface area contributed by atoms with Crippen molar-refractivity contribution in [1.29, 1.82) is 0 Å². The van der Waals surface area contributed by atoms with Crippen LogP contribution in [0.15, 0.2) is 22.7 Å². The van der Waals surface area contributed by atoms with Gasteiger partial charge in [0.2, 0.25) is 0 Å². The maximum Gasteiger partial charge on any atom is 0.0413 e. The number of thioether (sulfide) groups is 1. The van der Waals surface area contributed by atoms with Crippen molar-refractivity contribution in [3.8, 4) is 0 Å². The van der Waals surface area contributed by atoms with Gasteiger partial charge >= 0.3 is 0 Å². The average Bonchev–Trinajstić information content (AvgIpc) is 2.35. The van der Waals surface area contributed by atoms with E-state index in [0.29, 0.717) is 10.5 Å². The summed E-state index contributed by atoms with van der Waals surface area (Å²) in [6, 6.07) is 6.66. The van der Waals surface area contributed by atoms with E-state index in [1.165, 1.54) is 11.3 Å². The molecule has 0 aliphatic carbocycles. The van der Waals surface area contributed by atoms with Crippen molar-refractivity contribution in [3.63, 3.8) is 0 Å². The van der Waals surface area contributed by atoms with Crippen LogP contribution in [0.5, 0.6) is 0 Å². The molecule has 2 rings (SSSR count). The zero-order valence-electron chi connectivity index (χ0n) is 11.9. The Hall–Kier alpha value is -0.190. The second kappa shape index (κ2) is 7.00. The smallest absolute Gasteiger partial charge is 0.0413 e. The number of nitrogens with one attached hydrogen (secondary N) is 1. The Morgan fingerprint density at radius 2 is 2.00 bits per heavy atom. The van der Waals surface area contributed by atoms with Gasteiger partial charge in [-0.05, 0) is 30.3 Å². The SMILES string of the molecule is CCNCc1cc(Br)ccc1N1CC(C)SC(C)C1. The van der Waals surface area contributed by atoms with Gasteiger partial charge in [-0.1, -0.05) is 36.7 Å². The highest BCUT2D eigenvalue weighted by Crippen LogP contribution is 2.31. The average molecular weight is 343 g/mol. The summed E-state index contributed by atoms with van der Waals surface area (Å²) in [5.41, 5.74) is 2.78. The van der Waals surface area contributed by atoms with E-state index in [-0.39, 0.29) is 0 Å². The zero-order valence-corrected chi connectivity index (χ0v) is 14.4. The van der Waals surface area contributed by atoms with E-state index in [1.807, 2.05) is 0 Å². The van der Waals surface area contributed by atoms with E-state index in [4.69, 9.17) is 0 Å². The lowest BCUT2D eigenvalue weighted by Crippen LogP contribution is -2.41. The Labute approximate surface area is 129 Å². The number of hydrogen-bond donors (Lipinski definition) is 1. The van der Waals surface area contributed by atoms with Crippen LogP contribution in [-0.4, -0.2) is 30.1 Å². The lowest BCUT2D eigenvalue weighted by atomic mass is 10.1. The van der Waals surface area contributed by atoms with Crippen LogP contribution in [0.3, 0.4) is 0 Å². The molecule has 0 aromatic heterocycles. The first-order chi connectivity index (χ1) is 9.10. The molecule has 106 valence electrons. The van der Waals surface area contributed by atoms with Crippen molar-refractivity contribution >= 4 is 33.4 Å². The van der Waals surface area contributed by atoms with E-state index < -0.39 is 0 Å². The van der Waals surface area contributed by atoms with Gasteiger partial charge in [0.1, 0.15) is 0 Å². The summed E-state index contributed by atoms with van der Waals surface area (Å²) in [6.45, 7) is 11.1. The fourth-order valence-corrected chi connectivity index (χ4v) is 4.37. The van der Waals surface area contributed by atoms with Crippen molar-refractivity contribution < 1.29 is 0 Å². The molecule has 0 radical (unpaired) electrons. The van der Waals surface area contributed by atoms with Crippen molar-refractivity contribution in [3.05, 3.63) is 28.2 Å². The van der Waals surface area contributed by atoms with E-state index >= 15 is 0 Å². The van der Waals surface area contributed by atoms with Gasteiger partial charge in [0, 0.05) is 40.3 Å². The van der Waals surface area contributed by atoms with Gasteiger partial charge in [-0.25, -0.2) is 0 Å². The third kappa shape index (κ3) is 4.14. The molecule has 0 amide bonds. The largest absolute Gasteiger partial charge is 0.369 e. The van der Waals surface area contributed by atoms with Crippen LogP contribution in [0.1, 0.15) is 26.3 Å². The number of anilines is 1. The maximum absolute atomic E-state index is 3.59. The van der Waals surface area contributed by atoms with Crippen molar-refractivity contribution in [1.82, 2.24) is 5.32 Å². The molecule has 1 aromatic rings. The molecule has 0 saturated carbocycles. The van der Waals surface area contributed by atoms with Crippen LogP contribution < -0.4 is 10.2 Å². The first kappa shape index (κ1) is 15.2. The van der Waals surface area contributed by atoms with Gasteiger partial charge in [0.05, 0.1) is 0 Å². The number of halogens is 1. The van der Waals surface area contributed by atoms with Crippen LogP contribution in [0.4, 0.5) is 5.69 Å². The number of hydrogen-bond acceptors (Lipinski definition) is 3. The van der Waals surface area contributed by atoms with E-state index in [0.717, 1.165) is 30.7 Å². The molecular weight excluding hydrogens is 320 g/mol. The molecule has 1 N–H and O–H groups in total. The standard InChI is InChI=1S/C15H23BrN2S/c1-4-17-8-13-7-14(16)5-6-15(13)18-9-11(2)19-12(3)10-18/h5-7,11-12,17H,4,8-10H2,1-3H3. The molecule has 1 heterocycles. The minimum atomic E-state index is 0.708. The number of rotatable bonds is 4. The summed E-state index contributed by atoms with van der Waals surface area (Å²) < 4.78 is 1.16. The molecule has 2 nitrogen and oxygen atoms in total. The predicted molar refractivity (Wildman–Crippen MR) is 90.3 cm³/mol. The molecule has 1 aromatic carbocycles. The molecule has 0 bridgehead atoms. The highest BCUT2D eigenvalue weighted by atomic mass is 79.9. The molecular formula is C15H23BrN2S. The fourth-order valence-electron chi connectivity index (χ4n) is 2.64. The van der Waals surface area contributed by atoms with E-state index in [9.17, 15) is 0 Å². The van der Waals surface area contributed by atoms with Gasteiger partial charge in [-0.2, -0.15) is 11.8 Å². The van der Waals surface area contributed by atoms with Crippen molar-refractivity contribution in [2.45, 2.75) is 37.8 Å². The van der Waals surface area contributed by atoms with E-state index in [2.05, 4.69) is 76.9 Å². The molecule has 0 spiro atoms. The zero-order chi connectivity index (χ0) is 13.8. The van der Waals surface area contributed by atoms with Crippen LogP contribution >= 0.6 is 27.7 Å². The van der Waals surface area contributed by atoms with Gasteiger partial charge < -0.3 is 10.2 Å². The molecule has 2 atom stereocenters. The van der Waals surface area contributed by atoms with Gasteiger partial charge in [0.15, 0.2) is 0 Å². The highest BCUT2D eigenvalue weighted by Gasteiger charge is 2.23. The van der Waals surface area contributed by atoms with Gasteiger partial charge in [-0.3, -0.25) is 0 Å². The summed E-state index contributed by atoms with van der Waals surface area (Å²) in [5.74, 6) is 0. The van der Waals surface area contributed by atoms with Crippen LogP contribution in [0.2, 0.25) is 0 Å². The van der Waals surface area contributed by atoms with E-state index in [1.54, 1.807) is 0 Å². The lowest BCUT2D eigenvalue weighted by molar-refractivity contribution is 0.700. The van der Waals surface area contributed by atoms with Crippen molar-refractivity contribution in [2.75, 3.05) is 24.5 Å². The topological polar surface area (TPSA) is 15.3 Å². The minimum absolute atomic E-state index is 0.708. The maximum atomic E-state index is 3.59. The Kier molecular flexibility index (Phi) is 5.60. The first-order valence-electron chi connectivity index (χ1n) is 6.99. The Balaban J connectivity index is 2.22. The second-order valence-corrected chi connectivity index (χ2v) is 8.01. The van der Waals surface area contributed by atoms with Crippen LogP contribution in [-0.2, 0) is 6.54 Å². The second-order valence-electron chi connectivity index (χ2n) is 5.22.